The Bertz CT molecular complexity index is 934. The van der Waals surface area contributed by atoms with E-state index in [0.717, 1.165) is 11.9 Å². The number of alkyl halides is 2. The number of aromatic nitrogens is 1. The van der Waals surface area contributed by atoms with E-state index in [4.69, 9.17) is 5.26 Å². The van der Waals surface area contributed by atoms with Gasteiger partial charge in [0.25, 0.3) is 6.43 Å². The molecule has 0 atom stereocenters. The quantitative estimate of drug-likeness (QED) is 0.387. The van der Waals surface area contributed by atoms with E-state index >= 15 is 0 Å². The fourth-order valence-electron chi connectivity index (χ4n) is 3.06. The highest BCUT2D eigenvalue weighted by Crippen LogP contribution is 2.41. The second kappa shape index (κ2) is 7.51. The van der Waals surface area contributed by atoms with Gasteiger partial charge in [-0.3, -0.25) is 0 Å². The fraction of sp³-hybridized carbons (Fsp3) is 0.474. The molecule has 0 aliphatic heterocycles. The third kappa shape index (κ3) is 4.19. The third-order valence-corrected chi connectivity index (χ3v) is 5.91. The van der Waals surface area contributed by atoms with Crippen LogP contribution in [-0.4, -0.2) is 21.5 Å². The average Bonchev–Trinajstić information content (AvgIpc) is 2.84. The molecule has 1 fully saturated rings. The number of hydrogen-bond donors (Lipinski definition) is 0. The molecule has 3 rings (SSSR count). The lowest BCUT2D eigenvalue weighted by molar-refractivity contribution is 0.226. The number of nitriles is 1. The van der Waals surface area contributed by atoms with Crippen molar-refractivity contribution in [1.82, 2.24) is 4.57 Å². The zero-order valence-corrected chi connectivity index (χ0v) is 17.5. The SMILES string of the molecule is CC(C)(C)SN=C(c1cn(C2CC(C#N)C2)c2cc(Br)c(F)cc12)C(F)F. The molecular formula is C19H19BrF3N3S. The maximum Gasteiger partial charge on any atom is 0.281 e. The summed E-state index contributed by atoms with van der Waals surface area (Å²) in [6, 6.07) is 5.14. The van der Waals surface area contributed by atoms with Gasteiger partial charge < -0.3 is 4.57 Å². The lowest BCUT2D eigenvalue weighted by atomic mass is 9.81. The van der Waals surface area contributed by atoms with Crippen LogP contribution in [0.2, 0.25) is 0 Å². The van der Waals surface area contributed by atoms with Crippen LogP contribution >= 0.6 is 27.9 Å². The van der Waals surface area contributed by atoms with Gasteiger partial charge in [0.1, 0.15) is 11.5 Å². The van der Waals surface area contributed by atoms with E-state index in [-0.39, 0.29) is 32.5 Å². The lowest BCUT2D eigenvalue weighted by Gasteiger charge is -2.32. The highest BCUT2D eigenvalue weighted by molar-refractivity contribution is 9.10. The molecule has 3 nitrogen and oxygen atoms in total. The highest BCUT2D eigenvalue weighted by Gasteiger charge is 2.33. The number of halogens is 4. The molecule has 144 valence electrons. The summed E-state index contributed by atoms with van der Waals surface area (Å²) >= 11 is 4.25. The van der Waals surface area contributed by atoms with Crippen LogP contribution in [0.3, 0.4) is 0 Å². The molecule has 1 saturated carbocycles. The van der Waals surface area contributed by atoms with Gasteiger partial charge in [0.2, 0.25) is 0 Å². The minimum Gasteiger partial charge on any atom is -0.344 e. The predicted octanol–water partition coefficient (Wildman–Crippen LogP) is 6.52. The molecule has 8 heteroatoms. The summed E-state index contributed by atoms with van der Waals surface area (Å²) in [5.41, 5.74) is 0.550. The monoisotopic (exact) mass is 457 g/mol. The van der Waals surface area contributed by atoms with E-state index < -0.39 is 12.2 Å². The molecule has 0 saturated heterocycles. The summed E-state index contributed by atoms with van der Waals surface area (Å²) in [6.07, 6.45) is 0.168. The molecule has 2 aromatic rings. The minimum atomic E-state index is -2.78. The van der Waals surface area contributed by atoms with E-state index in [1.807, 2.05) is 25.3 Å². The van der Waals surface area contributed by atoms with Gasteiger partial charge in [-0.25, -0.2) is 17.6 Å². The van der Waals surface area contributed by atoms with Crippen molar-refractivity contribution in [2.45, 2.75) is 50.8 Å². The average molecular weight is 458 g/mol. The molecule has 1 aromatic carbocycles. The number of benzene rings is 1. The molecule has 0 amide bonds. The molecule has 0 N–H and O–H groups in total. The second-order valence-corrected chi connectivity index (χ2v) is 10.1. The summed E-state index contributed by atoms with van der Waals surface area (Å²) in [7, 11) is 0. The Balaban J connectivity index is 2.14. The first-order chi connectivity index (χ1) is 12.6. The zero-order chi connectivity index (χ0) is 19.9. The summed E-state index contributed by atoms with van der Waals surface area (Å²) in [4.78, 5) is 0. The Labute approximate surface area is 168 Å². The normalized spacial score (nSPS) is 20.8. The van der Waals surface area contributed by atoms with Gasteiger partial charge in [0.05, 0.1) is 22.0 Å². The van der Waals surface area contributed by atoms with Crippen molar-refractivity contribution in [2.75, 3.05) is 0 Å². The molecule has 1 aliphatic rings. The Morgan fingerprint density at radius 3 is 2.59 bits per heavy atom. The van der Waals surface area contributed by atoms with Crippen LogP contribution in [-0.2, 0) is 0 Å². The van der Waals surface area contributed by atoms with Crippen LogP contribution in [0.15, 0.2) is 27.2 Å². The maximum absolute atomic E-state index is 14.2. The van der Waals surface area contributed by atoms with Crippen molar-refractivity contribution < 1.29 is 13.2 Å². The van der Waals surface area contributed by atoms with Gasteiger partial charge in [0.15, 0.2) is 0 Å². The van der Waals surface area contributed by atoms with Crippen molar-refractivity contribution in [2.24, 2.45) is 10.3 Å². The zero-order valence-electron chi connectivity index (χ0n) is 15.1. The Morgan fingerprint density at radius 2 is 2.04 bits per heavy atom. The molecule has 0 spiro atoms. The number of rotatable bonds is 4. The summed E-state index contributed by atoms with van der Waals surface area (Å²) in [6.45, 7) is 5.67. The molecule has 1 aliphatic carbocycles. The molecular weight excluding hydrogens is 439 g/mol. The first-order valence-corrected chi connectivity index (χ1v) is 10.1. The van der Waals surface area contributed by atoms with E-state index in [0.29, 0.717) is 23.7 Å². The Morgan fingerprint density at radius 1 is 1.37 bits per heavy atom. The first kappa shape index (κ1) is 20.3. The molecule has 1 heterocycles. The fourth-order valence-corrected chi connectivity index (χ4v) is 3.94. The van der Waals surface area contributed by atoms with E-state index in [2.05, 4.69) is 26.4 Å². The number of fused-ring (bicyclic) bond motifs is 1. The molecule has 0 bridgehead atoms. The number of hydrogen-bond acceptors (Lipinski definition) is 3. The molecule has 0 radical (unpaired) electrons. The van der Waals surface area contributed by atoms with Crippen molar-refractivity contribution in [3.8, 4) is 6.07 Å². The lowest BCUT2D eigenvalue weighted by Crippen LogP contribution is -2.25. The van der Waals surface area contributed by atoms with Crippen molar-refractivity contribution in [1.29, 1.82) is 5.26 Å². The van der Waals surface area contributed by atoms with E-state index in [1.165, 1.54) is 6.07 Å². The maximum atomic E-state index is 14.2. The van der Waals surface area contributed by atoms with Crippen LogP contribution in [0.5, 0.6) is 0 Å². The van der Waals surface area contributed by atoms with Crippen LogP contribution in [0.1, 0.15) is 45.2 Å². The molecule has 0 unspecified atom stereocenters. The first-order valence-electron chi connectivity index (χ1n) is 8.54. The largest absolute Gasteiger partial charge is 0.344 e. The van der Waals surface area contributed by atoms with Gasteiger partial charge in [-0.05, 0) is 73.6 Å². The van der Waals surface area contributed by atoms with Gasteiger partial charge in [-0.1, -0.05) is 0 Å². The smallest absolute Gasteiger partial charge is 0.281 e. The second-order valence-electron chi connectivity index (χ2n) is 7.67. The van der Waals surface area contributed by atoms with Crippen LogP contribution in [0.4, 0.5) is 13.2 Å². The highest BCUT2D eigenvalue weighted by atomic mass is 79.9. The van der Waals surface area contributed by atoms with Crippen LogP contribution < -0.4 is 0 Å². The topological polar surface area (TPSA) is 41.1 Å². The van der Waals surface area contributed by atoms with E-state index in [9.17, 15) is 13.2 Å². The standard InChI is InChI=1S/C19H19BrF3N3S/c1-19(2,3)27-25-17(18(22)23)13-9-26(11-4-10(5-11)8-24)16-7-14(20)15(21)6-12(13)16/h6-7,9-11,18H,4-5H2,1-3H3. The molecule has 27 heavy (non-hydrogen) atoms. The summed E-state index contributed by atoms with van der Waals surface area (Å²) < 4.78 is 47.7. The Kier molecular flexibility index (Phi) is 5.64. The summed E-state index contributed by atoms with van der Waals surface area (Å²) in [5, 5.41) is 9.43. The van der Waals surface area contributed by atoms with Crippen molar-refractivity contribution in [3.05, 3.63) is 34.2 Å². The third-order valence-electron chi connectivity index (χ3n) is 4.46. The van der Waals surface area contributed by atoms with Crippen LogP contribution in [0, 0.1) is 23.1 Å². The van der Waals surface area contributed by atoms with E-state index in [1.54, 1.807) is 12.3 Å². The van der Waals surface area contributed by atoms with Gasteiger partial charge >= 0.3 is 0 Å². The van der Waals surface area contributed by atoms with Gasteiger partial charge in [-0.2, -0.15) is 5.26 Å². The predicted molar refractivity (Wildman–Crippen MR) is 107 cm³/mol. The molecule has 1 aromatic heterocycles. The van der Waals surface area contributed by atoms with Crippen molar-refractivity contribution in [3.63, 3.8) is 0 Å². The van der Waals surface area contributed by atoms with Gasteiger partial charge in [0, 0.05) is 27.9 Å². The Hall–Kier alpha value is -1.46. The van der Waals surface area contributed by atoms with Crippen LogP contribution in [0.25, 0.3) is 10.9 Å². The minimum absolute atomic E-state index is 0.0283. The summed E-state index contributed by atoms with van der Waals surface area (Å²) in [5.74, 6) is -0.540. The van der Waals surface area contributed by atoms with Gasteiger partial charge in [-0.15, -0.1) is 0 Å². The van der Waals surface area contributed by atoms with Crippen molar-refractivity contribution >= 4 is 44.5 Å². The number of nitrogens with zero attached hydrogens (tertiary/aromatic N) is 3.